The van der Waals surface area contributed by atoms with E-state index in [1.807, 2.05) is 20.8 Å². The summed E-state index contributed by atoms with van der Waals surface area (Å²) in [4.78, 5) is 28.2. The van der Waals surface area contributed by atoms with Gasteiger partial charge in [0.15, 0.2) is 0 Å². The summed E-state index contributed by atoms with van der Waals surface area (Å²) in [5, 5.41) is 11.5. The zero-order valence-electron chi connectivity index (χ0n) is 23.7. The lowest BCUT2D eigenvalue weighted by Gasteiger charge is -2.26. The minimum atomic E-state index is -0.814. The number of methoxy groups -OCH3 is 3. The molecule has 1 fully saturated rings. The number of carbonyl (C=O) groups is 2. The van der Waals surface area contributed by atoms with E-state index in [1.54, 1.807) is 88.1 Å². The topological polar surface area (TPSA) is 94.5 Å². The van der Waals surface area contributed by atoms with Crippen molar-refractivity contribution >= 4 is 17.4 Å². The van der Waals surface area contributed by atoms with Gasteiger partial charge in [-0.15, -0.1) is 0 Å². The largest absolute Gasteiger partial charge is 0.507 e. The van der Waals surface area contributed by atoms with Crippen LogP contribution >= 0.6 is 0 Å². The molecule has 1 aliphatic rings. The summed E-state index contributed by atoms with van der Waals surface area (Å²) in [7, 11) is 4.74. The van der Waals surface area contributed by atoms with Gasteiger partial charge in [0.05, 0.1) is 39.5 Å². The monoisotopic (exact) mass is 545 g/mol. The summed E-state index contributed by atoms with van der Waals surface area (Å²) in [5.41, 5.74) is 1.68. The minimum Gasteiger partial charge on any atom is -0.507 e. The van der Waals surface area contributed by atoms with E-state index >= 15 is 0 Å². The Bertz CT molecular complexity index is 1400. The summed E-state index contributed by atoms with van der Waals surface area (Å²) >= 11 is 0. The van der Waals surface area contributed by atoms with Gasteiger partial charge in [-0.1, -0.05) is 32.9 Å². The number of amides is 1. The normalized spacial score (nSPS) is 16.6. The second kappa shape index (κ2) is 11.7. The molecule has 3 aromatic carbocycles. The quantitative estimate of drug-likeness (QED) is 0.215. The maximum absolute atomic E-state index is 13.4. The Morgan fingerprint density at radius 3 is 1.95 bits per heavy atom. The maximum Gasteiger partial charge on any atom is 0.295 e. The van der Waals surface area contributed by atoms with E-state index in [2.05, 4.69) is 0 Å². The third kappa shape index (κ3) is 5.76. The molecule has 1 saturated heterocycles. The van der Waals surface area contributed by atoms with E-state index < -0.39 is 17.7 Å². The van der Waals surface area contributed by atoms with Crippen molar-refractivity contribution in [1.82, 2.24) is 4.90 Å². The molecule has 1 heterocycles. The Morgan fingerprint density at radius 2 is 1.40 bits per heavy atom. The summed E-state index contributed by atoms with van der Waals surface area (Å²) in [5.74, 6) is 0.907. The number of ether oxygens (including phenoxy) is 4. The molecule has 1 N–H and O–H groups in total. The van der Waals surface area contributed by atoms with Gasteiger partial charge in [-0.3, -0.25) is 9.59 Å². The van der Waals surface area contributed by atoms with Gasteiger partial charge in [0.25, 0.3) is 11.7 Å². The standard InChI is InChI=1S/C32H35NO7/c1-32(2,3)25-19-21(9-16-26(25)39-6)29(34)27-28(20-7-10-22(37-4)11-8-20)33(31(36)30(27)35)17-18-40-24-14-12-23(38-5)13-15-24/h7-16,19,28,34H,17-18H2,1-6H3/b29-27-. The third-order valence-electron chi connectivity index (χ3n) is 6.91. The van der Waals surface area contributed by atoms with E-state index in [4.69, 9.17) is 18.9 Å². The van der Waals surface area contributed by atoms with Crippen molar-refractivity contribution < 1.29 is 33.6 Å². The Morgan fingerprint density at radius 1 is 0.825 bits per heavy atom. The number of Topliss-reactive ketones (excluding diaryl/α,β-unsaturated/α-hetero) is 1. The number of nitrogens with zero attached hydrogens (tertiary/aromatic N) is 1. The predicted molar refractivity (Wildman–Crippen MR) is 152 cm³/mol. The Kier molecular flexibility index (Phi) is 8.38. The molecule has 0 aliphatic carbocycles. The van der Waals surface area contributed by atoms with Crippen LogP contribution in [-0.4, -0.2) is 56.2 Å². The van der Waals surface area contributed by atoms with Gasteiger partial charge in [-0.25, -0.2) is 0 Å². The van der Waals surface area contributed by atoms with E-state index in [1.165, 1.54) is 4.90 Å². The van der Waals surface area contributed by atoms with Crippen molar-refractivity contribution in [1.29, 1.82) is 0 Å². The number of hydrogen-bond donors (Lipinski definition) is 1. The number of ketones is 1. The van der Waals surface area contributed by atoms with Gasteiger partial charge >= 0.3 is 0 Å². The Hall–Kier alpha value is -4.46. The lowest BCUT2D eigenvalue weighted by Crippen LogP contribution is -2.33. The van der Waals surface area contributed by atoms with Gasteiger partial charge in [-0.05, 0) is 65.6 Å². The van der Waals surface area contributed by atoms with E-state index in [0.717, 1.165) is 5.56 Å². The molecule has 40 heavy (non-hydrogen) atoms. The summed E-state index contributed by atoms with van der Waals surface area (Å²) in [6.45, 7) is 6.37. The van der Waals surface area contributed by atoms with Crippen LogP contribution < -0.4 is 18.9 Å². The van der Waals surface area contributed by atoms with Crippen molar-refractivity contribution in [3.8, 4) is 23.0 Å². The van der Waals surface area contributed by atoms with Crippen LogP contribution in [0.1, 0.15) is 43.5 Å². The van der Waals surface area contributed by atoms with E-state index in [0.29, 0.717) is 34.1 Å². The molecule has 0 bridgehead atoms. The number of hydrogen-bond acceptors (Lipinski definition) is 7. The van der Waals surface area contributed by atoms with Crippen molar-refractivity contribution in [2.24, 2.45) is 0 Å². The fraction of sp³-hybridized carbons (Fsp3) is 0.312. The molecule has 0 spiro atoms. The number of benzene rings is 3. The van der Waals surface area contributed by atoms with Crippen LogP contribution in [0.4, 0.5) is 0 Å². The first kappa shape index (κ1) is 28.5. The van der Waals surface area contributed by atoms with Crippen LogP contribution in [0.3, 0.4) is 0 Å². The maximum atomic E-state index is 13.4. The Balaban J connectivity index is 1.74. The first-order valence-electron chi connectivity index (χ1n) is 13.0. The van der Waals surface area contributed by atoms with Crippen molar-refractivity contribution in [3.05, 3.63) is 89.0 Å². The fourth-order valence-electron chi connectivity index (χ4n) is 4.77. The highest BCUT2D eigenvalue weighted by molar-refractivity contribution is 6.46. The molecule has 1 unspecified atom stereocenters. The number of aliphatic hydroxyl groups excluding tert-OH is 1. The average Bonchev–Trinajstić information content (AvgIpc) is 3.21. The molecule has 0 aromatic heterocycles. The van der Waals surface area contributed by atoms with Crippen LogP contribution in [0, 0.1) is 0 Å². The van der Waals surface area contributed by atoms with Gasteiger partial charge in [0, 0.05) is 11.1 Å². The van der Waals surface area contributed by atoms with Crippen LogP contribution in [0.2, 0.25) is 0 Å². The highest BCUT2D eigenvalue weighted by Gasteiger charge is 2.46. The molecule has 1 aliphatic heterocycles. The van der Waals surface area contributed by atoms with E-state index in [-0.39, 0.29) is 29.9 Å². The number of rotatable bonds is 9. The lowest BCUT2D eigenvalue weighted by atomic mass is 9.84. The van der Waals surface area contributed by atoms with Crippen molar-refractivity contribution in [2.45, 2.75) is 32.2 Å². The highest BCUT2D eigenvalue weighted by Crippen LogP contribution is 2.41. The molecule has 210 valence electrons. The molecule has 4 rings (SSSR count). The molecule has 8 heteroatoms. The predicted octanol–water partition coefficient (Wildman–Crippen LogP) is 5.51. The van der Waals surface area contributed by atoms with Gasteiger partial charge < -0.3 is 29.0 Å². The van der Waals surface area contributed by atoms with E-state index in [9.17, 15) is 14.7 Å². The molecule has 1 amide bonds. The zero-order valence-corrected chi connectivity index (χ0v) is 23.7. The molecule has 0 radical (unpaired) electrons. The first-order valence-corrected chi connectivity index (χ1v) is 13.0. The molecule has 0 saturated carbocycles. The van der Waals surface area contributed by atoms with Gasteiger partial charge in [0.1, 0.15) is 35.4 Å². The molecule has 8 nitrogen and oxygen atoms in total. The highest BCUT2D eigenvalue weighted by atomic mass is 16.5. The molecule has 1 atom stereocenters. The third-order valence-corrected chi connectivity index (χ3v) is 6.91. The Labute approximate surface area is 234 Å². The smallest absolute Gasteiger partial charge is 0.295 e. The average molecular weight is 546 g/mol. The SMILES string of the molecule is COc1ccc(OCCN2C(=O)C(=O)/C(=C(\O)c3ccc(OC)c(C(C)(C)C)c3)C2c2ccc(OC)cc2)cc1. The van der Waals surface area contributed by atoms with Crippen LogP contribution in [0.25, 0.3) is 5.76 Å². The number of carbonyl (C=O) groups excluding carboxylic acids is 2. The minimum absolute atomic E-state index is 0.0182. The van der Waals surface area contributed by atoms with Gasteiger partial charge in [-0.2, -0.15) is 0 Å². The number of likely N-dealkylation sites (tertiary alicyclic amines) is 1. The van der Waals surface area contributed by atoms with Crippen molar-refractivity contribution in [3.63, 3.8) is 0 Å². The zero-order chi connectivity index (χ0) is 29.0. The first-order chi connectivity index (χ1) is 19.1. The molecular formula is C32H35NO7. The summed E-state index contributed by atoms with van der Waals surface area (Å²) in [6.07, 6.45) is 0. The lowest BCUT2D eigenvalue weighted by molar-refractivity contribution is -0.140. The van der Waals surface area contributed by atoms with Crippen LogP contribution in [-0.2, 0) is 15.0 Å². The van der Waals surface area contributed by atoms with Crippen molar-refractivity contribution in [2.75, 3.05) is 34.5 Å². The molecular weight excluding hydrogens is 510 g/mol. The van der Waals surface area contributed by atoms with Gasteiger partial charge in [0.2, 0.25) is 0 Å². The van der Waals surface area contributed by atoms with Crippen LogP contribution in [0.15, 0.2) is 72.3 Å². The second-order valence-electron chi connectivity index (χ2n) is 10.5. The van der Waals surface area contributed by atoms with Crippen LogP contribution in [0.5, 0.6) is 23.0 Å². The summed E-state index contributed by atoms with van der Waals surface area (Å²) in [6, 6.07) is 18.6. The molecule has 3 aromatic rings. The number of aliphatic hydroxyl groups is 1. The second-order valence-corrected chi connectivity index (χ2v) is 10.5. The summed E-state index contributed by atoms with van der Waals surface area (Å²) < 4.78 is 21.9. The fourth-order valence-corrected chi connectivity index (χ4v) is 4.77.